The monoisotopic (exact) mass is 467 g/mol. The van der Waals surface area contributed by atoms with Gasteiger partial charge >= 0.3 is 0 Å². The molecule has 8 heteroatoms. The van der Waals surface area contributed by atoms with Crippen LogP contribution in [0.2, 0.25) is 5.02 Å². The molecule has 0 saturated carbocycles. The highest BCUT2D eigenvalue weighted by atomic mass is 35.5. The number of carbonyl (C=O) groups excluding carboxylic acids is 1. The number of pyridine rings is 1. The van der Waals surface area contributed by atoms with Crippen molar-refractivity contribution in [3.8, 4) is 22.9 Å². The summed E-state index contributed by atoms with van der Waals surface area (Å²) < 4.78 is 7.08. The predicted octanol–water partition coefficient (Wildman–Crippen LogP) is 4.15. The highest BCUT2D eigenvalue weighted by molar-refractivity contribution is 6.30. The van der Waals surface area contributed by atoms with Crippen LogP contribution in [0.4, 0.5) is 0 Å². The van der Waals surface area contributed by atoms with Crippen LogP contribution in [-0.4, -0.2) is 63.3 Å². The van der Waals surface area contributed by atoms with E-state index in [0.717, 1.165) is 44.8 Å². The number of ketones is 1. The molecule has 174 valence electrons. The van der Waals surface area contributed by atoms with Crippen molar-refractivity contribution in [3.05, 3.63) is 53.2 Å². The fraction of sp³-hybridized carbons (Fsp3) is 0.440. The quantitative estimate of drug-likeness (QED) is 0.470. The molecule has 0 bridgehead atoms. The van der Waals surface area contributed by atoms with Crippen LogP contribution in [-0.2, 0) is 22.5 Å². The maximum atomic E-state index is 12.5. The maximum absolute atomic E-state index is 12.5. The van der Waals surface area contributed by atoms with Crippen molar-refractivity contribution in [3.63, 3.8) is 0 Å². The maximum Gasteiger partial charge on any atom is 0.200 e. The molecule has 1 fully saturated rings. The van der Waals surface area contributed by atoms with Gasteiger partial charge < -0.3 is 4.74 Å². The number of halogens is 1. The molecule has 4 rings (SSSR count). The van der Waals surface area contributed by atoms with E-state index >= 15 is 0 Å². The lowest BCUT2D eigenvalue weighted by Gasteiger charge is -2.26. The minimum absolute atomic E-state index is 0.121. The van der Waals surface area contributed by atoms with E-state index in [9.17, 15) is 4.79 Å². The largest absolute Gasteiger partial charge is 0.379 e. The van der Waals surface area contributed by atoms with Crippen molar-refractivity contribution < 1.29 is 9.53 Å². The molecule has 0 radical (unpaired) electrons. The summed E-state index contributed by atoms with van der Waals surface area (Å²) >= 11 is 6.20. The highest BCUT2D eigenvalue weighted by Gasteiger charge is 2.18. The molecule has 0 aliphatic carbocycles. The first-order valence-electron chi connectivity index (χ1n) is 11.5. The molecule has 0 atom stereocenters. The van der Waals surface area contributed by atoms with Crippen LogP contribution in [0.15, 0.2) is 42.6 Å². The number of nitrogens with zero attached hydrogens (tertiary/aromatic N) is 5. The fourth-order valence-corrected chi connectivity index (χ4v) is 4.10. The van der Waals surface area contributed by atoms with Crippen molar-refractivity contribution in [2.45, 2.75) is 33.2 Å². The Kier molecular flexibility index (Phi) is 7.85. The molecule has 1 saturated heterocycles. The van der Waals surface area contributed by atoms with E-state index in [1.54, 1.807) is 4.68 Å². The third-order valence-electron chi connectivity index (χ3n) is 5.59. The van der Waals surface area contributed by atoms with E-state index in [0.29, 0.717) is 34.7 Å². The van der Waals surface area contributed by atoms with Crippen LogP contribution in [0.5, 0.6) is 0 Å². The zero-order valence-corrected chi connectivity index (χ0v) is 20.0. The summed E-state index contributed by atoms with van der Waals surface area (Å²) in [6.07, 6.45) is 3.33. The normalized spacial score (nSPS) is 14.7. The van der Waals surface area contributed by atoms with E-state index in [1.165, 1.54) is 5.56 Å². The molecule has 0 unspecified atom stereocenters. The molecule has 1 aromatic carbocycles. The lowest BCUT2D eigenvalue weighted by molar-refractivity contribution is -0.120. The number of benzene rings is 1. The topological polar surface area (TPSA) is 73.1 Å². The second-order valence-electron chi connectivity index (χ2n) is 8.82. The lowest BCUT2D eigenvalue weighted by Crippen LogP contribution is -2.37. The van der Waals surface area contributed by atoms with Crippen molar-refractivity contribution in [2.24, 2.45) is 5.92 Å². The summed E-state index contributed by atoms with van der Waals surface area (Å²) in [4.78, 5) is 24.3. The Morgan fingerprint density at radius 1 is 1.18 bits per heavy atom. The minimum Gasteiger partial charge on any atom is -0.379 e. The molecule has 0 N–H and O–H groups in total. The van der Waals surface area contributed by atoms with E-state index < -0.39 is 0 Å². The summed E-state index contributed by atoms with van der Waals surface area (Å²) in [5.41, 5.74) is 2.68. The number of hydrogen-bond donors (Lipinski definition) is 0. The predicted molar refractivity (Wildman–Crippen MR) is 129 cm³/mol. The summed E-state index contributed by atoms with van der Waals surface area (Å²) in [5.74, 6) is 1.53. The number of Topliss-reactive ketones (excluding diaryl/α,β-unsaturated/α-hetero) is 1. The molecule has 7 nitrogen and oxygen atoms in total. The first-order valence-corrected chi connectivity index (χ1v) is 11.8. The Bertz CT molecular complexity index is 1070. The number of ether oxygens (including phenoxy) is 1. The molecule has 3 heterocycles. The Labute approximate surface area is 199 Å². The van der Waals surface area contributed by atoms with Crippen LogP contribution in [0.1, 0.15) is 25.8 Å². The SMILES string of the molecule is CC(C)CC(=O)Cn1nc(-c2ccc(CCN3CCOCC3)cn2)nc1-c1cccc(Cl)c1. The average molecular weight is 468 g/mol. The highest BCUT2D eigenvalue weighted by Crippen LogP contribution is 2.24. The Balaban J connectivity index is 1.54. The molecule has 0 amide bonds. The number of carbonyl (C=O) groups is 1. The molecule has 1 aliphatic rings. The second-order valence-corrected chi connectivity index (χ2v) is 9.26. The van der Waals surface area contributed by atoms with Crippen LogP contribution < -0.4 is 0 Å². The van der Waals surface area contributed by atoms with Gasteiger partial charge in [-0.05, 0) is 36.1 Å². The Morgan fingerprint density at radius 3 is 2.70 bits per heavy atom. The summed E-state index contributed by atoms with van der Waals surface area (Å²) in [5, 5.41) is 5.25. The molecule has 2 aromatic heterocycles. The van der Waals surface area contributed by atoms with Gasteiger partial charge in [0.15, 0.2) is 17.4 Å². The van der Waals surface area contributed by atoms with Gasteiger partial charge in [-0.1, -0.05) is 43.6 Å². The van der Waals surface area contributed by atoms with E-state index in [-0.39, 0.29) is 12.3 Å². The standard InChI is InChI=1S/C25H30ClN5O2/c1-18(2)14-22(32)17-31-25(20-4-3-5-21(26)15-20)28-24(29-31)23-7-6-19(16-27-23)8-9-30-10-12-33-13-11-30/h3-7,15-16,18H,8-14,17H2,1-2H3. The van der Waals surface area contributed by atoms with Gasteiger partial charge in [0.2, 0.25) is 0 Å². The van der Waals surface area contributed by atoms with Gasteiger partial charge in [0, 0.05) is 42.8 Å². The summed E-state index contributed by atoms with van der Waals surface area (Å²) in [7, 11) is 0. The minimum atomic E-state index is 0.121. The van der Waals surface area contributed by atoms with Gasteiger partial charge in [0.25, 0.3) is 0 Å². The van der Waals surface area contributed by atoms with Crippen LogP contribution in [0, 0.1) is 5.92 Å². The number of hydrogen-bond acceptors (Lipinski definition) is 6. The smallest absolute Gasteiger partial charge is 0.200 e. The Hall–Kier alpha value is -2.61. The van der Waals surface area contributed by atoms with Gasteiger partial charge in [-0.3, -0.25) is 14.7 Å². The van der Waals surface area contributed by atoms with Crippen molar-refractivity contribution in [1.29, 1.82) is 0 Å². The molecule has 33 heavy (non-hydrogen) atoms. The Morgan fingerprint density at radius 2 is 2.00 bits per heavy atom. The van der Waals surface area contributed by atoms with Gasteiger partial charge in [-0.2, -0.15) is 0 Å². The first-order chi connectivity index (χ1) is 16.0. The number of aromatic nitrogens is 4. The zero-order valence-electron chi connectivity index (χ0n) is 19.2. The molecule has 3 aromatic rings. The molecule has 1 aliphatic heterocycles. The molecule has 0 spiro atoms. The van der Waals surface area contributed by atoms with Gasteiger partial charge in [0.1, 0.15) is 12.2 Å². The second kappa shape index (κ2) is 11.0. The number of morpholine rings is 1. The van der Waals surface area contributed by atoms with Gasteiger partial charge in [-0.25, -0.2) is 9.67 Å². The summed E-state index contributed by atoms with van der Waals surface area (Å²) in [6, 6.07) is 11.5. The molecular weight excluding hydrogens is 438 g/mol. The van der Waals surface area contributed by atoms with Crippen molar-refractivity contribution >= 4 is 17.4 Å². The van der Waals surface area contributed by atoms with Crippen LogP contribution in [0.25, 0.3) is 22.9 Å². The first kappa shape index (κ1) is 23.5. The fourth-order valence-electron chi connectivity index (χ4n) is 3.91. The van der Waals surface area contributed by atoms with Gasteiger partial charge in [0.05, 0.1) is 13.2 Å². The number of rotatable bonds is 9. The van der Waals surface area contributed by atoms with Crippen molar-refractivity contribution in [2.75, 3.05) is 32.8 Å². The summed E-state index contributed by atoms with van der Waals surface area (Å²) in [6.45, 7) is 8.81. The lowest BCUT2D eigenvalue weighted by atomic mass is 10.1. The third kappa shape index (κ3) is 6.47. The van der Waals surface area contributed by atoms with E-state index in [4.69, 9.17) is 21.3 Å². The van der Waals surface area contributed by atoms with E-state index in [1.807, 2.05) is 50.4 Å². The van der Waals surface area contributed by atoms with E-state index in [2.05, 4.69) is 21.0 Å². The van der Waals surface area contributed by atoms with Crippen LogP contribution >= 0.6 is 11.6 Å². The zero-order chi connectivity index (χ0) is 23.2. The average Bonchev–Trinajstić information content (AvgIpc) is 3.22. The van der Waals surface area contributed by atoms with Crippen LogP contribution in [0.3, 0.4) is 0 Å². The third-order valence-corrected chi connectivity index (χ3v) is 5.83. The van der Waals surface area contributed by atoms with Gasteiger partial charge in [-0.15, -0.1) is 5.10 Å². The molecular formula is C25H30ClN5O2. The van der Waals surface area contributed by atoms with Crippen molar-refractivity contribution in [1.82, 2.24) is 24.6 Å².